The zero-order valence-corrected chi connectivity index (χ0v) is 15.0. The fourth-order valence-electron chi connectivity index (χ4n) is 2.50. The molecule has 6 nitrogen and oxygen atoms in total. The van der Waals surface area contributed by atoms with E-state index in [0.717, 1.165) is 0 Å². The van der Waals surface area contributed by atoms with Gasteiger partial charge in [0.05, 0.1) is 17.6 Å². The summed E-state index contributed by atoms with van der Waals surface area (Å²) in [5.74, 6) is 0.617. The van der Waals surface area contributed by atoms with E-state index in [1.54, 1.807) is 31.2 Å². The Morgan fingerprint density at radius 3 is 2.44 bits per heavy atom. The van der Waals surface area contributed by atoms with Gasteiger partial charge in [-0.2, -0.15) is 0 Å². The first-order valence-electron chi connectivity index (χ1n) is 7.30. The van der Waals surface area contributed by atoms with Gasteiger partial charge in [0.2, 0.25) is 5.56 Å². The highest BCUT2D eigenvalue weighted by Crippen LogP contribution is 2.29. The molecule has 1 heterocycles. The number of sulfonamides is 1. The minimum Gasteiger partial charge on any atom is -0.497 e. The van der Waals surface area contributed by atoms with Gasteiger partial charge in [-0.1, -0.05) is 11.6 Å². The number of methoxy groups -OCH3 is 1. The third-order valence-corrected chi connectivity index (χ3v) is 5.58. The summed E-state index contributed by atoms with van der Waals surface area (Å²) in [6.45, 7) is 1.73. The second-order valence-corrected chi connectivity index (χ2v) is 7.54. The van der Waals surface area contributed by atoms with E-state index < -0.39 is 10.0 Å². The summed E-state index contributed by atoms with van der Waals surface area (Å²) < 4.78 is 32.9. The van der Waals surface area contributed by atoms with Crippen LogP contribution in [0.25, 0.3) is 10.9 Å². The molecule has 25 heavy (non-hydrogen) atoms. The maximum atomic E-state index is 12.7. The smallest absolute Gasteiger partial charge is 0.263 e. The molecule has 0 bridgehead atoms. The van der Waals surface area contributed by atoms with Crippen molar-refractivity contribution in [2.75, 3.05) is 11.8 Å². The molecule has 8 heteroatoms. The Balaban J connectivity index is 2.06. The van der Waals surface area contributed by atoms with Gasteiger partial charge in [-0.15, -0.1) is 0 Å². The van der Waals surface area contributed by atoms with Crippen molar-refractivity contribution in [2.45, 2.75) is 11.8 Å². The molecule has 0 aliphatic rings. The van der Waals surface area contributed by atoms with E-state index in [9.17, 15) is 13.2 Å². The normalized spacial score (nSPS) is 11.5. The van der Waals surface area contributed by atoms with Crippen LogP contribution in [0, 0.1) is 6.92 Å². The number of halogens is 1. The zero-order valence-electron chi connectivity index (χ0n) is 13.5. The fraction of sp³-hybridized carbons (Fsp3) is 0.118. The number of rotatable bonds is 4. The molecule has 0 radical (unpaired) electrons. The summed E-state index contributed by atoms with van der Waals surface area (Å²) in [5.41, 5.74) is 1.26. The molecule has 130 valence electrons. The van der Waals surface area contributed by atoms with Crippen LogP contribution >= 0.6 is 11.6 Å². The van der Waals surface area contributed by atoms with Crippen molar-refractivity contribution < 1.29 is 13.2 Å². The second kappa shape index (κ2) is 6.42. The quantitative estimate of drug-likeness (QED) is 0.729. The third kappa shape index (κ3) is 3.47. The average Bonchev–Trinajstić information content (AvgIpc) is 2.54. The standard InChI is InChI=1S/C17H15ClN2O4S/c1-10-7-17(21)19-15-9-14(18)16(8-13(10)15)25(22,23)20-11-3-5-12(24-2)6-4-11/h3-9,20H,1-2H3,(H,19,21). The second-order valence-electron chi connectivity index (χ2n) is 5.48. The van der Waals surface area contributed by atoms with Crippen molar-refractivity contribution in [1.29, 1.82) is 0 Å². The molecule has 1 aromatic heterocycles. The van der Waals surface area contributed by atoms with Crippen LogP contribution in [0.2, 0.25) is 5.02 Å². The molecule has 0 saturated heterocycles. The number of fused-ring (bicyclic) bond motifs is 1. The van der Waals surface area contributed by atoms with Gasteiger partial charge in [0, 0.05) is 17.1 Å². The molecule has 3 rings (SSSR count). The number of aryl methyl sites for hydroxylation is 1. The van der Waals surface area contributed by atoms with Crippen molar-refractivity contribution in [3.05, 3.63) is 63.4 Å². The molecule has 0 spiro atoms. The van der Waals surface area contributed by atoms with Crippen LogP contribution in [-0.4, -0.2) is 20.5 Å². The molecule has 0 fully saturated rings. The Bertz CT molecular complexity index is 1110. The summed E-state index contributed by atoms with van der Waals surface area (Å²) in [5, 5.41) is 0.633. The number of aromatic amines is 1. The largest absolute Gasteiger partial charge is 0.497 e. The maximum absolute atomic E-state index is 12.7. The number of anilines is 1. The fourth-order valence-corrected chi connectivity index (χ4v) is 4.11. The number of H-pyrrole nitrogens is 1. The SMILES string of the molecule is COc1ccc(NS(=O)(=O)c2cc3c(C)cc(=O)[nH]c3cc2Cl)cc1. The highest BCUT2D eigenvalue weighted by atomic mass is 35.5. The van der Waals surface area contributed by atoms with Crippen molar-refractivity contribution in [1.82, 2.24) is 4.98 Å². The van der Waals surface area contributed by atoms with Crippen LogP contribution in [0.1, 0.15) is 5.56 Å². The predicted molar refractivity (Wildman–Crippen MR) is 98.1 cm³/mol. The zero-order chi connectivity index (χ0) is 18.2. The van der Waals surface area contributed by atoms with Crippen LogP contribution in [0.3, 0.4) is 0 Å². The van der Waals surface area contributed by atoms with Gasteiger partial charge in [0.15, 0.2) is 0 Å². The first-order chi connectivity index (χ1) is 11.8. The Hall–Kier alpha value is -2.51. The molecule has 2 N–H and O–H groups in total. The first kappa shape index (κ1) is 17.3. The Morgan fingerprint density at radius 1 is 1.12 bits per heavy atom. The minimum absolute atomic E-state index is 0.0229. The highest BCUT2D eigenvalue weighted by molar-refractivity contribution is 7.92. The lowest BCUT2D eigenvalue weighted by Crippen LogP contribution is -2.14. The van der Waals surface area contributed by atoms with Crippen LogP contribution < -0.4 is 15.0 Å². The number of hydrogen-bond donors (Lipinski definition) is 2. The van der Waals surface area contributed by atoms with E-state index in [0.29, 0.717) is 27.9 Å². The number of pyridine rings is 1. The summed E-state index contributed by atoms with van der Waals surface area (Å²) in [7, 11) is -2.37. The third-order valence-electron chi connectivity index (χ3n) is 3.73. The van der Waals surface area contributed by atoms with Gasteiger partial charge in [0.1, 0.15) is 10.6 Å². The lowest BCUT2D eigenvalue weighted by Gasteiger charge is -2.12. The first-order valence-corrected chi connectivity index (χ1v) is 9.16. The number of nitrogens with one attached hydrogen (secondary N) is 2. The van der Waals surface area contributed by atoms with E-state index in [2.05, 4.69) is 9.71 Å². The van der Waals surface area contributed by atoms with Gasteiger partial charge < -0.3 is 9.72 Å². The van der Waals surface area contributed by atoms with E-state index in [4.69, 9.17) is 16.3 Å². The topological polar surface area (TPSA) is 88.3 Å². The molecular weight excluding hydrogens is 364 g/mol. The monoisotopic (exact) mass is 378 g/mol. The van der Waals surface area contributed by atoms with Crippen molar-refractivity contribution >= 4 is 38.2 Å². The van der Waals surface area contributed by atoms with E-state index in [-0.39, 0.29) is 15.5 Å². The minimum atomic E-state index is -3.90. The number of benzene rings is 2. The van der Waals surface area contributed by atoms with Gasteiger partial charge in [-0.25, -0.2) is 8.42 Å². The Morgan fingerprint density at radius 2 is 1.80 bits per heavy atom. The number of hydrogen-bond acceptors (Lipinski definition) is 4. The van der Waals surface area contributed by atoms with Gasteiger partial charge in [-0.3, -0.25) is 9.52 Å². The lowest BCUT2D eigenvalue weighted by atomic mass is 10.1. The Labute approximate surface area is 149 Å². The van der Waals surface area contributed by atoms with Gasteiger partial charge >= 0.3 is 0 Å². The van der Waals surface area contributed by atoms with E-state index in [1.165, 1.54) is 25.3 Å². The maximum Gasteiger partial charge on any atom is 0.263 e. The molecule has 0 atom stereocenters. The van der Waals surface area contributed by atoms with Gasteiger partial charge in [0.25, 0.3) is 10.0 Å². The molecular formula is C17H15ClN2O4S. The molecule has 0 unspecified atom stereocenters. The summed E-state index contributed by atoms with van der Waals surface area (Å²) >= 11 is 6.15. The van der Waals surface area contributed by atoms with E-state index >= 15 is 0 Å². The molecule has 0 aliphatic heterocycles. The summed E-state index contributed by atoms with van der Waals surface area (Å²) in [4.78, 5) is 14.1. The molecule has 3 aromatic rings. The molecule has 2 aromatic carbocycles. The van der Waals surface area contributed by atoms with Crippen molar-refractivity contribution in [2.24, 2.45) is 0 Å². The lowest BCUT2D eigenvalue weighted by molar-refractivity contribution is 0.415. The average molecular weight is 379 g/mol. The van der Waals surface area contributed by atoms with Crippen molar-refractivity contribution in [3.8, 4) is 5.75 Å². The highest BCUT2D eigenvalue weighted by Gasteiger charge is 2.20. The van der Waals surface area contributed by atoms with Crippen LogP contribution in [0.5, 0.6) is 5.75 Å². The van der Waals surface area contributed by atoms with E-state index in [1.807, 2.05) is 0 Å². The predicted octanol–water partition coefficient (Wildman–Crippen LogP) is 3.30. The number of aromatic nitrogens is 1. The summed E-state index contributed by atoms with van der Waals surface area (Å²) in [6, 6.07) is 10.8. The van der Waals surface area contributed by atoms with Crippen LogP contribution in [0.15, 0.2) is 52.2 Å². The van der Waals surface area contributed by atoms with Crippen LogP contribution in [-0.2, 0) is 10.0 Å². The van der Waals surface area contributed by atoms with Gasteiger partial charge in [-0.05, 0) is 48.9 Å². The molecule has 0 amide bonds. The Kier molecular flexibility index (Phi) is 4.45. The number of ether oxygens (including phenoxy) is 1. The van der Waals surface area contributed by atoms with Crippen LogP contribution in [0.4, 0.5) is 5.69 Å². The molecule has 0 aliphatic carbocycles. The molecule has 0 saturated carbocycles. The van der Waals surface area contributed by atoms with Crippen molar-refractivity contribution in [3.63, 3.8) is 0 Å². The summed E-state index contributed by atoms with van der Waals surface area (Å²) in [6.07, 6.45) is 0.